The van der Waals surface area contributed by atoms with Crippen LogP contribution < -0.4 is 24.2 Å². The summed E-state index contributed by atoms with van der Waals surface area (Å²) >= 11 is 0. The van der Waals surface area contributed by atoms with Crippen LogP contribution in [-0.4, -0.2) is 34.7 Å². The lowest BCUT2D eigenvalue weighted by Crippen LogP contribution is -2.15. The molecule has 0 saturated carbocycles. The van der Waals surface area contributed by atoms with E-state index in [1.54, 1.807) is 30.3 Å². The van der Waals surface area contributed by atoms with Gasteiger partial charge in [-0.15, -0.1) is 0 Å². The Balaban J connectivity index is 1.98. The average molecular weight is 444 g/mol. The van der Waals surface area contributed by atoms with E-state index in [-0.39, 0.29) is 10.7 Å². The van der Waals surface area contributed by atoms with Gasteiger partial charge >= 0.3 is 0 Å². The van der Waals surface area contributed by atoms with Gasteiger partial charge in [0.2, 0.25) is 5.75 Å². The third kappa shape index (κ3) is 4.83. The first-order valence-electron chi connectivity index (χ1n) is 9.41. The fourth-order valence-electron chi connectivity index (χ4n) is 3.01. The second-order valence-electron chi connectivity index (χ2n) is 6.79. The molecule has 2 N–H and O–H groups in total. The van der Waals surface area contributed by atoms with Crippen LogP contribution in [0.3, 0.4) is 0 Å². The molecule has 1 aromatic heterocycles. The van der Waals surface area contributed by atoms with Gasteiger partial charge in [-0.25, -0.2) is 13.4 Å². The number of benzene rings is 2. The largest absolute Gasteiger partial charge is 0.493 e. The molecule has 31 heavy (non-hydrogen) atoms. The quantitative estimate of drug-likeness (QED) is 0.536. The molecule has 0 unspecified atom stereocenters. The van der Waals surface area contributed by atoms with Gasteiger partial charge in [0.1, 0.15) is 4.90 Å². The standard InChI is InChI=1S/C22H25N3O5S/c1-14-8-9-16(11-15(14)2)25-31(26,27)20-7-6-10-23-22(20)24-17-12-18(28-3)21(30-5)19(13-17)29-4/h6-13,25H,1-5H3,(H,23,24). The Bertz CT molecular complexity index is 1170. The molecule has 0 atom stereocenters. The number of methoxy groups -OCH3 is 3. The van der Waals surface area contributed by atoms with Crippen molar-refractivity contribution in [3.63, 3.8) is 0 Å². The van der Waals surface area contributed by atoms with Crippen LogP contribution in [0.5, 0.6) is 17.2 Å². The topological polar surface area (TPSA) is 98.8 Å². The van der Waals surface area contributed by atoms with Crippen LogP contribution in [0.25, 0.3) is 0 Å². The van der Waals surface area contributed by atoms with Crippen LogP contribution in [0, 0.1) is 13.8 Å². The van der Waals surface area contributed by atoms with Gasteiger partial charge in [0, 0.05) is 29.7 Å². The zero-order valence-electron chi connectivity index (χ0n) is 18.0. The van der Waals surface area contributed by atoms with E-state index in [0.717, 1.165) is 11.1 Å². The van der Waals surface area contributed by atoms with Gasteiger partial charge < -0.3 is 19.5 Å². The van der Waals surface area contributed by atoms with Crippen molar-refractivity contribution >= 4 is 27.2 Å². The summed E-state index contributed by atoms with van der Waals surface area (Å²) in [5.41, 5.74) is 3.07. The highest BCUT2D eigenvalue weighted by atomic mass is 32.2. The predicted molar refractivity (Wildman–Crippen MR) is 120 cm³/mol. The number of sulfonamides is 1. The second-order valence-corrected chi connectivity index (χ2v) is 8.44. The van der Waals surface area contributed by atoms with E-state index in [1.165, 1.54) is 33.6 Å². The Morgan fingerprint density at radius 2 is 1.52 bits per heavy atom. The summed E-state index contributed by atoms with van der Waals surface area (Å²) < 4.78 is 44.8. The number of nitrogens with one attached hydrogen (secondary N) is 2. The Morgan fingerprint density at radius 1 is 0.839 bits per heavy atom. The Hall–Kier alpha value is -3.46. The lowest BCUT2D eigenvalue weighted by molar-refractivity contribution is 0.324. The average Bonchev–Trinajstić information content (AvgIpc) is 2.75. The monoisotopic (exact) mass is 443 g/mol. The van der Waals surface area contributed by atoms with E-state index in [2.05, 4.69) is 15.0 Å². The van der Waals surface area contributed by atoms with Crippen molar-refractivity contribution in [3.05, 3.63) is 59.8 Å². The number of aromatic nitrogens is 1. The molecule has 9 heteroatoms. The number of aryl methyl sites for hydroxylation is 2. The highest BCUT2D eigenvalue weighted by Crippen LogP contribution is 2.41. The summed E-state index contributed by atoms with van der Waals surface area (Å²) in [4.78, 5) is 4.23. The number of nitrogens with zero attached hydrogens (tertiary/aromatic N) is 1. The maximum absolute atomic E-state index is 13.1. The van der Waals surface area contributed by atoms with Crippen LogP contribution in [0.4, 0.5) is 17.2 Å². The molecule has 0 spiro atoms. The molecule has 0 bridgehead atoms. The fraction of sp³-hybridized carbons (Fsp3) is 0.227. The first-order valence-corrected chi connectivity index (χ1v) is 10.9. The van der Waals surface area contributed by atoms with Gasteiger partial charge in [-0.05, 0) is 49.2 Å². The van der Waals surface area contributed by atoms with Crippen LogP contribution in [0.1, 0.15) is 11.1 Å². The second kappa shape index (κ2) is 9.13. The highest BCUT2D eigenvalue weighted by Gasteiger charge is 2.21. The van der Waals surface area contributed by atoms with Crippen molar-refractivity contribution < 1.29 is 22.6 Å². The third-order valence-corrected chi connectivity index (χ3v) is 6.16. The molecule has 164 valence electrons. The molecule has 0 aliphatic heterocycles. The minimum absolute atomic E-state index is 0.00183. The van der Waals surface area contributed by atoms with E-state index in [0.29, 0.717) is 28.6 Å². The van der Waals surface area contributed by atoms with Gasteiger partial charge in [-0.1, -0.05) is 6.07 Å². The van der Waals surface area contributed by atoms with Gasteiger partial charge in [0.15, 0.2) is 17.3 Å². The minimum Gasteiger partial charge on any atom is -0.493 e. The summed E-state index contributed by atoms with van der Waals surface area (Å²) in [6.07, 6.45) is 1.51. The van der Waals surface area contributed by atoms with Crippen LogP contribution >= 0.6 is 0 Å². The third-order valence-electron chi connectivity index (χ3n) is 4.75. The number of hydrogen-bond acceptors (Lipinski definition) is 7. The lowest BCUT2D eigenvalue weighted by atomic mass is 10.1. The maximum atomic E-state index is 13.1. The highest BCUT2D eigenvalue weighted by molar-refractivity contribution is 7.92. The van der Waals surface area contributed by atoms with E-state index in [4.69, 9.17) is 14.2 Å². The number of hydrogen-bond donors (Lipinski definition) is 2. The predicted octanol–water partition coefficient (Wildman–Crippen LogP) is 4.27. The van der Waals surface area contributed by atoms with Crippen molar-refractivity contribution in [1.29, 1.82) is 0 Å². The maximum Gasteiger partial charge on any atom is 0.265 e. The molecule has 2 aromatic carbocycles. The smallest absolute Gasteiger partial charge is 0.265 e. The Morgan fingerprint density at radius 3 is 2.10 bits per heavy atom. The number of rotatable bonds is 8. The zero-order chi connectivity index (χ0) is 22.6. The molecule has 0 aliphatic carbocycles. The molecule has 0 aliphatic rings. The zero-order valence-corrected chi connectivity index (χ0v) is 18.8. The van der Waals surface area contributed by atoms with Crippen molar-refractivity contribution in [1.82, 2.24) is 4.98 Å². The summed E-state index contributed by atoms with van der Waals surface area (Å²) in [5, 5.41) is 3.04. The van der Waals surface area contributed by atoms with Gasteiger partial charge in [-0.3, -0.25) is 4.72 Å². The molecular formula is C22H25N3O5S. The van der Waals surface area contributed by atoms with E-state index >= 15 is 0 Å². The number of pyridine rings is 1. The van der Waals surface area contributed by atoms with E-state index in [9.17, 15) is 8.42 Å². The molecule has 1 heterocycles. The van der Waals surface area contributed by atoms with Crippen molar-refractivity contribution in [2.75, 3.05) is 31.4 Å². The first-order chi connectivity index (χ1) is 14.8. The Labute approximate surface area is 182 Å². The molecule has 3 aromatic rings. The fourth-order valence-corrected chi connectivity index (χ4v) is 4.17. The molecule has 0 fully saturated rings. The van der Waals surface area contributed by atoms with Crippen LogP contribution in [0.15, 0.2) is 53.6 Å². The van der Waals surface area contributed by atoms with Crippen molar-refractivity contribution in [3.8, 4) is 17.2 Å². The van der Waals surface area contributed by atoms with Crippen molar-refractivity contribution in [2.24, 2.45) is 0 Å². The molecule has 8 nitrogen and oxygen atoms in total. The van der Waals surface area contributed by atoms with Crippen molar-refractivity contribution in [2.45, 2.75) is 18.7 Å². The number of anilines is 3. The molecule has 0 radical (unpaired) electrons. The normalized spacial score (nSPS) is 11.0. The van der Waals surface area contributed by atoms with Crippen LogP contribution in [-0.2, 0) is 10.0 Å². The molecular weight excluding hydrogens is 418 g/mol. The first kappa shape index (κ1) is 22.2. The van der Waals surface area contributed by atoms with Crippen LogP contribution in [0.2, 0.25) is 0 Å². The van der Waals surface area contributed by atoms with Gasteiger partial charge in [-0.2, -0.15) is 0 Å². The summed E-state index contributed by atoms with van der Waals surface area (Å²) in [6, 6.07) is 11.8. The van der Waals surface area contributed by atoms with E-state index in [1.807, 2.05) is 19.9 Å². The lowest BCUT2D eigenvalue weighted by Gasteiger charge is -2.16. The summed E-state index contributed by atoms with van der Waals surface area (Å²) in [6.45, 7) is 3.89. The SMILES string of the molecule is COc1cc(Nc2ncccc2S(=O)(=O)Nc2ccc(C)c(C)c2)cc(OC)c1OC. The summed E-state index contributed by atoms with van der Waals surface area (Å²) in [5.74, 6) is 1.45. The molecule has 3 rings (SSSR count). The number of ether oxygens (including phenoxy) is 3. The molecule has 0 saturated heterocycles. The van der Waals surface area contributed by atoms with Gasteiger partial charge in [0.05, 0.1) is 21.3 Å². The van der Waals surface area contributed by atoms with Gasteiger partial charge in [0.25, 0.3) is 10.0 Å². The Kier molecular flexibility index (Phi) is 6.55. The van der Waals surface area contributed by atoms with E-state index < -0.39 is 10.0 Å². The summed E-state index contributed by atoms with van der Waals surface area (Å²) in [7, 11) is 0.620. The molecule has 0 amide bonds. The minimum atomic E-state index is -3.90.